The molecule has 1 aromatic carbocycles. The lowest BCUT2D eigenvalue weighted by molar-refractivity contribution is -0.133. The summed E-state index contributed by atoms with van der Waals surface area (Å²) in [7, 11) is 0. The van der Waals surface area contributed by atoms with Gasteiger partial charge < -0.3 is 19.2 Å². The molecule has 3 aromatic rings. The van der Waals surface area contributed by atoms with Crippen LogP contribution in [0.1, 0.15) is 12.6 Å². The van der Waals surface area contributed by atoms with Crippen LogP contribution in [0.3, 0.4) is 0 Å². The summed E-state index contributed by atoms with van der Waals surface area (Å²) in [6.07, 6.45) is 2.75. The number of para-hydroxylation sites is 2. The maximum Gasteiger partial charge on any atom is 0.265 e. The van der Waals surface area contributed by atoms with E-state index in [4.69, 9.17) is 9.47 Å². The van der Waals surface area contributed by atoms with Gasteiger partial charge in [-0.1, -0.05) is 12.1 Å². The Labute approximate surface area is 152 Å². The molecule has 3 heterocycles. The number of imidazole rings is 1. The van der Waals surface area contributed by atoms with E-state index in [-0.39, 0.29) is 12.0 Å². The Balaban J connectivity index is 1.44. The summed E-state index contributed by atoms with van der Waals surface area (Å²) in [5, 5.41) is 2.87. The Morgan fingerprint density at radius 2 is 1.96 bits per heavy atom. The molecule has 0 fully saturated rings. The molecule has 0 saturated heterocycles. The average molecular weight is 402 g/mol. The second-order valence-corrected chi connectivity index (χ2v) is 6.79. The molecule has 0 spiro atoms. The van der Waals surface area contributed by atoms with Crippen LogP contribution in [0.15, 0.2) is 53.3 Å². The largest absolute Gasteiger partial charge is 0.482 e. The molecule has 0 saturated carbocycles. The number of fused-ring (bicyclic) bond motifs is 2. The molecule has 0 aliphatic carbocycles. The minimum atomic E-state index is -0.693. The fourth-order valence-electron chi connectivity index (χ4n) is 2.79. The van der Waals surface area contributed by atoms with Crippen molar-refractivity contribution in [2.24, 2.45) is 0 Å². The molecule has 1 N–H and O–H groups in total. The van der Waals surface area contributed by atoms with Crippen molar-refractivity contribution in [1.29, 1.82) is 0 Å². The van der Waals surface area contributed by atoms with E-state index in [0.717, 1.165) is 15.8 Å². The number of ether oxygens (including phenoxy) is 2. The summed E-state index contributed by atoms with van der Waals surface area (Å²) in [4.78, 5) is 17.0. The number of nitrogens with zero attached hydrogens (tertiary/aromatic N) is 2. The molecule has 1 aliphatic rings. The van der Waals surface area contributed by atoms with Gasteiger partial charge in [-0.25, -0.2) is 4.98 Å². The number of pyridine rings is 1. The van der Waals surface area contributed by atoms with E-state index in [9.17, 15) is 4.79 Å². The van der Waals surface area contributed by atoms with Crippen LogP contribution in [-0.4, -0.2) is 27.5 Å². The number of aromatic nitrogens is 2. The smallest absolute Gasteiger partial charge is 0.265 e. The van der Waals surface area contributed by atoms with Crippen LogP contribution in [-0.2, 0) is 11.3 Å². The summed E-state index contributed by atoms with van der Waals surface area (Å²) >= 11 is 3.43. The summed E-state index contributed by atoms with van der Waals surface area (Å²) in [6.45, 7) is 2.15. The van der Waals surface area contributed by atoms with Crippen molar-refractivity contribution in [3.8, 4) is 11.5 Å². The molecule has 128 valence electrons. The summed E-state index contributed by atoms with van der Waals surface area (Å²) in [6, 6.07) is 11.2. The molecule has 0 bridgehead atoms. The fraction of sp³-hybridized carbons (Fsp3) is 0.222. The van der Waals surface area contributed by atoms with Crippen LogP contribution in [0, 0.1) is 0 Å². The van der Waals surface area contributed by atoms with E-state index >= 15 is 0 Å². The molecule has 4 rings (SSSR count). The average Bonchev–Trinajstić information content (AvgIpc) is 3.01. The predicted molar refractivity (Wildman–Crippen MR) is 95.7 cm³/mol. The Bertz CT molecular complexity index is 940. The van der Waals surface area contributed by atoms with Gasteiger partial charge in [-0.15, -0.1) is 0 Å². The van der Waals surface area contributed by atoms with Gasteiger partial charge in [0.05, 0.1) is 12.2 Å². The monoisotopic (exact) mass is 401 g/mol. The second kappa shape index (κ2) is 6.40. The van der Waals surface area contributed by atoms with E-state index < -0.39 is 6.10 Å². The maximum atomic E-state index is 12.5. The van der Waals surface area contributed by atoms with E-state index in [2.05, 4.69) is 26.2 Å². The van der Waals surface area contributed by atoms with Gasteiger partial charge in [-0.2, -0.15) is 0 Å². The van der Waals surface area contributed by atoms with Gasteiger partial charge in [-0.05, 0) is 47.1 Å². The molecule has 25 heavy (non-hydrogen) atoms. The first kappa shape index (κ1) is 16.0. The zero-order valence-corrected chi connectivity index (χ0v) is 15.1. The Hall–Kier alpha value is -2.54. The lowest BCUT2D eigenvalue weighted by Crippen LogP contribution is -2.48. The summed E-state index contributed by atoms with van der Waals surface area (Å²) < 4.78 is 14.4. The van der Waals surface area contributed by atoms with Crippen LogP contribution in [0.2, 0.25) is 0 Å². The minimum absolute atomic E-state index is 0.222. The van der Waals surface area contributed by atoms with Crippen LogP contribution in [0.25, 0.3) is 5.65 Å². The lowest BCUT2D eigenvalue weighted by atomic mass is 10.1. The van der Waals surface area contributed by atoms with Crippen LogP contribution in [0.4, 0.5) is 0 Å². The first-order valence-corrected chi connectivity index (χ1v) is 8.72. The van der Waals surface area contributed by atoms with Gasteiger partial charge >= 0.3 is 0 Å². The SMILES string of the molecule is C[C@@H]1Oc2ccccc2O[C@@H]1C(=O)NCc1cn2cc(Br)ccc2n1. The number of benzene rings is 1. The number of rotatable bonds is 3. The topological polar surface area (TPSA) is 64.9 Å². The van der Waals surface area contributed by atoms with Crippen molar-refractivity contribution in [2.75, 3.05) is 0 Å². The van der Waals surface area contributed by atoms with Crippen molar-refractivity contribution < 1.29 is 14.3 Å². The van der Waals surface area contributed by atoms with Gasteiger partial charge in [0.2, 0.25) is 6.10 Å². The van der Waals surface area contributed by atoms with E-state index in [1.165, 1.54) is 0 Å². The normalized spacial score (nSPS) is 19.0. The highest BCUT2D eigenvalue weighted by molar-refractivity contribution is 9.10. The lowest BCUT2D eigenvalue weighted by Gasteiger charge is -2.30. The van der Waals surface area contributed by atoms with Crippen molar-refractivity contribution in [3.63, 3.8) is 0 Å². The number of nitrogens with one attached hydrogen (secondary N) is 1. The molecule has 1 amide bonds. The Kier molecular flexibility index (Phi) is 4.09. The molecular formula is C18H16BrN3O3. The standard InChI is InChI=1S/C18H16BrN3O3/c1-11-17(25-15-5-3-2-4-14(15)24-11)18(23)20-8-13-10-22-9-12(19)6-7-16(22)21-13/h2-7,9-11,17H,8H2,1H3,(H,20,23)/t11-,17-/m0/s1. The van der Waals surface area contributed by atoms with Gasteiger partial charge in [0.1, 0.15) is 11.8 Å². The quantitative estimate of drug-likeness (QED) is 0.732. The first-order chi connectivity index (χ1) is 12.1. The molecule has 2 atom stereocenters. The minimum Gasteiger partial charge on any atom is -0.482 e. The van der Waals surface area contributed by atoms with Crippen molar-refractivity contribution in [2.45, 2.75) is 25.7 Å². The number of hydrogen-bond acceptors (Lipinski definition) is 4. The highest BCUT2D eigenvalue weighted by Crippen LogP contribution is 2.33. The van der Waals surface area contributed by atoms with Crippen LogP contribution >= 0.6 is 15.9 Å². The molecule has 0 radical (unpaired) electrons. The van der Waals surface area contributed by atoms with Gasteiger partial charge in [0.25, 0.3) is 5.91 Å². The van der Waals surface area contributed by atoms with E-state index in [0.29, 0.717) is 18.0 Å². The zero-order chi connectivity index (χ0) is 17.4. The second-order valence-electron chi connectivity index (χ2n) is 5.87. The first-order valence-electron chi connectivity index (χ1n) is 7.93. The highest BCUT2D eigenvalue weighted by Gasteiger charge is 2.33. The van der Waals surface area contributed by atoms with Gasteiger partial charge in [0, 0.05) is 16.9 Å². The van der Waals surface area contributed by atoms with Gasteiger partial charge in [0.15, 0.2) is 11.5 Å². The molecule has 0 unspecified atom stereocenters. The van der Waals surface area contributed by atoms with E-state index in [1.54, 1.807) is 6.07 Å². The highest BCUT2D eigenvalue weighted by atomic mass is 79.9. The van der Waals surface area contributed by atoms with Crippen molar-refractivity contribution in [1.82, 2.24) is 14.7 Å². The van der Waals surface area contributed by atoms with Crippen LogP contribution in [0.5, 0.6) is 11.5 Å². The third-order valence-corrected chi connectivity index (χ3v) is 4.48. The third kappa shape index (κ3) is 3.19. The molecule has 2 aromatic heterocycles. The number of amides is 1. The molecule has 1 aliphatic heterocycles. The van der Waals surface area contributed by atoms with E-state index in [1.807, 2.05) is 54.0 Å². The number of halogens is 1. The fourth-order valence-corrected chi connectivity index (χ4v) is 3.14. The number of carbonyl (C=O) groups is 1. The van der Waals surface area contributed by atoms with Gasteiger partial charge in [-0.3, -0.25) is 4.79 Å². The zero-order valence-electron chi connectivity index (χ0n) is 13.5. The summed E-state index contributed by atoms with van der Waals surface area (Å²) in [5.41, 5.74) is 1.60. The summed E-state index contributed by atoms with van der Waals surface area (Å²) in [5.74, 6) is 1.02. The molecular weight excluding hydrogens is 386 g/mol. The van der Waals surface area contributed by atoms with Crippen molar-refractivity contribution in [3.05, 3.63) is 59.0 Å². The number of hydrogen-bond donors (Lipinski definition) is 1. The Morgan fingerprint density at radius 3 is 2.76 bits per heavy atom. The molecule has 7 heteroatoms. The third-order valence-electron chi connectivity index (χ3n) is 4.01. The number of carbonyl (C=O) groups excluding carboxylic acids is 1. The van der Waals surface area contributed by atoms with Crippen LogP contribution < -0.4 is 14.8 Å². The molecule has 6 nitrogen and oxygen atoms in total. The predicted octanol–water partition coefficient (Wildman–Crippen LogP) is 2.94. The maximum absolute atomic E-state index is 12.5. The Morgan fingerprint density at radius 1 is 1.20 bits per heavy atom. The van der Waals surface area contributed by atoms with Crippen molar-refractivity contribution >= 4 is 27.5 Å².